The fourth-order valence-electron chi connectivity index (χ4n) is 1.58. The van der Waals surface area contributed by atoms with Gasteiger partial charge in [-0.15, -0.1) is 0 Å². The first-order valence-corrected chi connectivity index (χ1v) is 5.60. The van der Waals surface area contributed by atoms with Crippen LogP contribution in [0.2, 0.25) is 0 Å². The summed E-state index contributed by atoms with van der Waals surface area (Å²) in [7, 11) is 11.1. The lowest BCUT2D eigenvalue weighted by Crippen LogP contribution is -2.25. The molecule has 0 nitrogen and oxygen atoms in total. The van der Waals surface area contributed by atoms with Crippen molar-refractivity contribution in [3.63, 3.8) is 0 Å². The Morgan fingerprint density at radius 3 is 2.06 bits per heavy atom. The van der Waals surface area contributed by atoms with Crippen molar-refractivity contribution in [3.05, 3.63) is 46.4 Å². The maximum atomic E-state index is 14.0. The van der Waals surface area contributed by atoms with Crippen molar-refractivity contribution in [2.45, 2.75) is 0 Å². The van der Waals surface area contributed by atoms with Crippen LogP contribution in [0.15, 0.2) is 34.8 Å². The Balaban J connectivity index is 2.80. The molecule has 0 spiro atoms. The fraction of sp³-hybridized carbons (Fsp3) is 0. The van der Waals surface area contributed by atoms with Gasteiger partial charge in [-0.1, -0.05) is 30.3 Å². The van der Waals surface area contributed by atoms with Gasteiger partial charge in [0.2, 0.25) is 0 Å². The molecule has 0 unspecified atom stereocenters. The van der Waals surface area contributed by atoms with Crippen LogP contribution >= 0.6 is 15.9 Å². The predicted octanol–water partition coefficient (Wildman–Crippen LogP) is 1.98. The molecule has 2 aromatic carbocycles. The van der Waals surface area contributed by atoms with Gasteiger partial charge in [0.15, 0.2) is 0 Å². The van der Waals surface area contributed by atoms with Crippen molar-refractivity contribution >= 4 is 42.5 Å². The van der Waals surface area contributed by atoms with E-state index in [-0.39, 0.29) is 21.0 Å². The SMILES string of the molecule is [B]c1c(F)c(-c2ccccc2)c([B])c(F)c1Br. The van der Waals surface area contributed by atoms with E-state index in [9.17, 15) is 8.78 Å². The van der Waals surface area contributed by atoms with Gasteiger partial charge in [0.05, 0.1) is 0 Å². The summed E-state index contributed by atoms with van der Waals surface area (Å²) in [5.41, 5.74) is -0.0604. The third kappa shape index (κ3) is 2.04. The topological polar surface area (TPSA) is 0 Å². The number of hydrogen-bond donors (Lipinski definition) is 0. The van der Waals surface area contributed by atoms with Gasteiger partial charge in [0.25, 0.3) is 0 Å². The summed E-state index contributed by atoms with van der Waals surface area (Å²) in [6.45, 7) is 0. The van der Waals surface area contributed by atoms with Gasteiger partial charge in [-0.05, 0) is 32.4 Å². The first-order valence-electron chi connectivity index (χ1n) is 4.80. The Hall–Kier alpha value is -1.09. The molecule has 0 amide bonds. The first-order chi connectivity index (χ1) is 8.04. The van der Waals surface area contributed by atoms with Crippen LogP contribution in [0.25, 0.3) is 11.1 Å². The monoisotopic (exact) mass is 288 g/mol. The zero-order chi connectivity index (χ0) is 12.6. The number of hydrogen-bond acceptors (Lipinski definition) is 0. The maximum Gasteiger partial charge on any atom is 0.130 e. The zero-order valence-electron chi connectivity index (χ0n) is 8.68. The highest BCUT2D eigenvalue weighted by Crippen LogP contribution is 2.23. The molecule has 2 aromatic rings. The number of halogens is 3. The normalized spacial score (nSPS) is 10.5. The number of rotatable bonds is 1. The van der Waals surface area contributed by atoms with Crippen molar-refractivity contribution in [1.82, 2.24) is 0 Å². The standard InChI is InChI=1S/C12H5B2BrF2/c13-8-7(6-4-2-1-3-5-6)11(16)9(14)10(15)12(8)17/h1-5H. The van der Waals surface area contributed by atoms with Crippen LogP contribution in [0.1, 0.15) is 0 Å². The van der Waals surface area contributed by atoms with E-state index >= 15 is 0 Å². The van der Waals surface area contributed by atoms with Crippen LogP contribution in [0.5, 0.6) is 0 Å². The van der Waals surface area contributed by atoms with Crippen LogP contribution in [0.3, 0.4) is 0 Å². The molecule has 4 radical (unpaired) electrons. The quantitative estimate of drug-likeness (QED) is 0.556. The Kier molecular flexibility index (Phi) is 3.38. The predicted molar refractivity (Wildman–Crippen MR) is 70.3 cm³/mol. The second-order valence-corrected chi connectivity index (χ2v) is 4.30. The Labute approximate surface area is 109 Å². The van der Waals surface area contributed by atoms with Crippen LogP contribution in [0.4, 0.5) is 8.78 Å². The van der Waals surface area contributed by atoms with Crippen molar-refractivity contribution < 1.29 is 8.78 Å². The van der Waals surface area contributed by atoms with Crippen LogP contribution < -0.4 is 10.9 Å². The molecule has 0 heterocycles. The molecular formula is C12H5B2BrF2. The molecule has 2 rings (SSSR count). The first kappa shape index (κ1) is 12.4. The van der Waals surface area contributed by atoms with E-state index in [1.165, 1.54) is 0 Å². The average Bonchev–Trinajstić information content (AvgIpc) is 2.36. The Morgan fingerprint density at radius 2 is 1.47 bits per heavy atom. The lowest BCUT2D eigenvalue weighted by atomic mass is 9.81. The van der Waals surface area contributed by atoms with E-state index in [1.54, 1.807) is 30.3 Å². The average molecular weight is 289 g/mol. The molecule has 0 aliphatic rings. The van der Waals surface area contributed by atoms with Gasteiger partial charge in [-0.2, -0.15) is 0 Å². The molecular weight excluding hydrogens is 284 g/mol. The molecule has 0 aliphatic carbocycles. The van der Waals surface area contributed by atoms with E-state index in [2.05, 4.69) is 15.9 Å². The summed E-state index contributed by atoms with van der Waals surface area (Å²) in [6, 6.07) is 8.48. The molecule has 80 valence electrons. The molecule has 0 saturated carbocycles. The molecule has 5 heteroatoms. The molecule has 0 aliphatic heterocycles. The lowest BCUT2D eigenvalue weighted by Gasteiger charge is -2.14. The van der Waals surface area contributed by atoms with E-state index in [4.69, 9.17) is 15.7 Å². The van der Waals surface area contributed by atoms with E-state index in [0.29, 0.717) is 5.56 Å². The summed E-state index contributed by atoms with van der Waals surface area (Å²) in [6.07, 6.45) is 0. The summed E-state index contributed by atoms with van der Waals surface area (Å²) >= 11 is 2.87. The highest BCUT2D eigenvalue weighted by Gasteiger charge is 2.18. The minimum atomic E-state index is -0.747. The lowest BCUT2D eigenvalue weighted by molar-refractivity contribution is 0.611. The maximum absolute atomic E-state index is 14.0. The van der Waals surface area contributed by atoms with Crippen molar-refractivity contribution in [2.75, 3.05) is 0 Å². The molecule has 0 bridgehead atoms. The van der Waals surface area contributed by atoms with Crippen molar-refractivity contribution in [3.8, 4) is 11.1 Å². The van der Waals surface area contributed by atoms with Crippen LogP contribution in [-0.4, -0.2) is 15.7 Å². The van der Waals surface area contributed by atoms with Gasteiger partial charge in [0, 0.05) is 10.0 Å². The summed E-state index contributed by atoms with van der Waals surface area (Å²) < 4.78 is 27.5. The van der Waals surface area contributed by atoms with Crippen LogP contribution in [-0.2, 0) is 0 Å². The largest absolute Gasteiger partial charge is 0.207 e. The summed E-state index contributed by atoms with van der Waals surface area (Å²) in [4.78, 5) is 0. The Morgan fingerprint density at radius 1 is 0.882 bits per heavy atom. The molecule has 17 heavy (non-hydrogen) atoms. The van der Waals surface area contributed by atoms with Gasteiger partial charge in [-0.25, -0.2) is 8.78 Å². The molecule has 0 atom stereocenters. The zero-order valence-corrected chi connectivity index (χ0v) is 10.3. The van der Waals surface area contributed by atoms with Gasteiger partial charge < -0.3 is 0 Å². The number of benzene rings is 2. The Bertz CT molecular complexity index is 541. The van der Waals surface area contributed by atoms with Gasteiger partial charge in [0.1, 0.15) is 27.3 Å². The van der Waals surface area contributed by atoms with Crippen LogP contribution in [0, 0.1) is 11.6 Å². The molecule has 0 aromatic heterocycles. The van der Waals surface area contributed by atoms with Crippen molar-refractivity contribution in [2.24, 2.45) is 0 Å². The molecule has 0 saturated heterocycles. The minimum Gasteiger partial charge on any atom is -0.207 e. The fourth-order valence-corrected chi connectivity index (χ4v) is 1.97. The minimum absolute atomic E-state index is 0.0104. The molecule has 0 N–H and O–H groups in total. The third-order valence-corrected chi connectivity index (χ3v) is 3.23. The van der Waals surface area contributed by atoms with E-state index < -0.39 is 11.6 Å². The van der Waals surface area contributed by atoms with Gasteiger partial charge in [-0.3, -0.25) is 0 Å². The highest BCUT2D eigenvalue weighted by molar-refractivity contribution is 9.10. The second-order valence-electron chi connectivity index (χ2n) is 3.51. The summed E-state index contributed by atoms with van der Waals surface area (Å²) in [5.74, 6) is -1.47. The van der Waals surface area contributed by atoms with E-state index in [0.717, 1.165) is 0 Å². The second kappa shape index (κ2) is 4.65. The molecule has 0 fully saturated rings. The van der Waals surface area contributed by atoms with Gasteiger partial charge >= 0.3 is 0 Å². The third-order valence-electron chi connectivity index (χ3n) is 2.45. The highest BCUT2D eigenvalue weighted by atomic mass is 79.9. The van der Waals surface area contributed by atoms with E-state index in [1.807, 2.05) is 0 Å². The van der Waals surface area contributed by atoms with Crippen molar-refractivity contribution in [1.29, 1.82) is 0 Å². The summed E-state index contributed by atoms with van der Waals surface area (Å²) in [5, 5.41) is 0. The smallest absolute Gasteiger partial charge is 0.130 e.